The number of pyridine rings is 1. The van der Waals surface area contributed by atoms with Crippen molar-refractivity contribution in [3.8, 4) is 0 Å². The standard InChI is InChI=1S/C26H35N5O2/c1-4-18-13-22(14-28-24(18)27)29-25(32)26(33)31-15-17(2)8-9-23(31)20-7-5-6-19(12-20)21-10-11-30(3)16-21/h5-7,12-14,17,21,23H,4,8-11,15-16H2,1-3H3,(H2,27,28)(H,29,32)/t17-,21-,23+/m0/s1. The molecule has 7 nitrogen and oxygen atoms in total. The summed E-state index contributed by atoms with van der Waals surface area (Å²) in [6.45, 7) is 6.86. The van der Waals surface area contributed by atoms with Crippen LogP contribution in [0.5, 0.6) is 0 Å². The smallest absolute Gasteiger partial charge is 0.313 e. The quantitative estimate of drug-likeness (QED) is 0.696. The van der Waals surface area contributed by atoms with E-state index in [-0.39, 0.29) is 6.04 Å². The van der Waals surface area contributed by atoms with Crippen LogP contribution in [0.25, 0.3) is 0 Å². The van der Waals surface area contributed by atoms with E-state index in [0.717, 1.165) is 43.5 Å². The van der Waals surface area contributed by atoms with E-state index in [4.69, 9.17) is 5.73 Å². The second-order valence-corrected chi connectivity index (χ2v) is 9.65. The first-order valence-electron chi connectivity index (χ1n) is 12.0. The SMILES string of the molecule is CCc1cc(NC(=O)C(=O)N2C[C@@H](C)CC[C@@H]2c2cccc([C@H]3CCN(C)C3)c2)cnc1N. The first kappa shape index (κ1) is 23.2. The minimum absolute atomic E-state index is 0.0886. The molecule has 2 amide bonds. The normalized spacial score (nSPS) is 23.5. The molecule has 0 bridgehead atoms. The molecule has 3 atom stereocenters. The summed E-state index contributed by atoms with van der Waals surface area (Å²) in [6.07, 6.45) is 5.25. The van der Waals surface area contributed by atoms with Gasteiger partial charge in [0.2, 0.25) is 0 Å². The summed E-state index contributed by atoms with van der Waals surface area (Å²) >= 11 is 0. The van der Waals surface area contributed by atoms with E-state index in [1.165, 1.54) is 11.8 Å². The van der Waals surface area contributed by atoms with Gasteiger partial charge < -0.3 is 20.9 Å². The van der Waals surface area contributed by atoms with Crippen molar-refractivity contribution in [3.63, 3.8) is 0 Å². The predicted octanol–water partition coefficient (Wildman–Crippen LogP) is 3.58. The number of likely N-dealkylation sites (tertiary alicyclic amines) is 2. The van der Waals surface area contributed by atoms with Gasteiger partial charge in [-0.05, 0) is 73.9 Å². The molecule has 1 aromatic heterocycles. The van der Waals surface area contributed by atoms with Crippen LogP contribution >= 0.6 is 0 Å². The van der Waals surface area contributed by atoms with Gasteiger partial charge in [-0.3, -0.25) is 9.59 Å². The molecule has 2 aromatic rings. The molecule has 0 aliphatic carbocycles. The summed E-state index contributed by atoms with van der Waals surface area (Å²) in [4.78, 5) is 34.5. The van der Waals surface area contributed by atoms with Crippen LogP contribution in [-0.4, -0.2) is 53.3 Å². The first-order valence-corrected chi connectivity index (χ1v) is 12.0. The zero-order chi connectivity index (χ0) is 23.5. The van der Waals surface area contributed by atoms with Crippen LogP contribution in [-0.2, 0) is 16.0 Å². The van der Waals surface area contributed by atoms with Crippen LogP contribution in [0.1, 0.15) is 61.8 Å². The van der Waals surface area contributed by atoms with Crippen molar-refractivity contribution in [1.82, 2.24) is 14.8 Å². The van der Waals surface area contributed by atoms with E-state index in [9.17, 15) is 9.59 Å². The highest BCUT2D eigenvalue weighted by atomic mass is 16.2. The Morgan fingerprint density at radius 1 is 1.15 bits per heavy atom. The third-order valence-electron chi connectivity index (χ3n) is 7.07. The predicted molar refractivity (Wildman–Crippen MR) is 131 cm³/mol. The largest absolute Gasteiger partial charge is 0.383 e. The number of nitrogen functional groups attached to an aromatic ring is 1. The number of carbonyl (C=O) groups is 2. The van der Waals surface area contributed by atoms with Crippen molar-refractivity contribution in [2.75, 3.05) is 37.7 Å². The maximum atomic E-state index is 13.3. The van der Waals surface area contributed by atoms with E-state index in [1.807, 2.05) is 6.92 Å². The van der Waals surface area contributed by atoms with Crippen LogP contribution in [0.2, 0.25) is 0 Å². The molecule has 2 aliphatic heterocycles. The molecule has 0 spiro atoms. The minimum Gasteiger partial charge on any atom is -0.383 e. The number of nitrogens with one attached hydrogen (secondary N) is 1. The number of nitrogens with zero attached hydrogens (tertiary/aromatic N) is 3. The van der Waals surface area contributed by atoms with Crippen molar-refractivity contribution in [2.24, 2.45) is 5.92 Å². The van der Waals surface area contributed by atoms with Gasteiger partial charge in [-0.1, -0.05) is 38.1 Å². The highest BCUT2D eigenvalue weighted by Gasteiger charge is 2.34. The molecule has 0 saturated carbocycles. The summed E-state index contributed by atoms with van der Waals surface area (Å²) in [7, 11) is 2.16. The van der Waals surface area contributed by atoms with Gasteiger partial charge in [0, 0.05) is 13.1 Å². The average Bonchev–Trinajstić information content (AvgIpc) is 3.26. The Morgan fingerprint density at radius 3 is 2.67 bits per heavy atom. The van der Waals surface area contributed by atoms with Gasteiger partial charge in [0.25, 0.3) is 0 Å². The van der Waals surface area contributed by atoms with Gasteiger partial charge >= 0.3 is 11.8 Å². The van der Waals surface area contributed by atoms with Crippen LogP contribution < -0.4 is 11.1 Å². The number of piperidine rings is 1. The lowest BCUT2D eigenvalue weighted by Gasteiger charge is -2.38. The van der Waals surface area contributed by atoms with Crippen molar-refractivity contribution in [2.45, 2.75) is 51.5 Å². The van der Waals surface area contributed by atoms with Gasteiger partial charge in [0.15, 0.2) is 0 Å². The van der Waals surface area contributed by atoms with Crippen molar-refractivity contribution in [3.05, 3.63) is 53.2 Å². The molecule has 3 heterocycles. The number of rotatable bonds is 4. The number of carbonyl (C=O) groups excluding carboxylic acids is 2. The first-order chi connectivity index (χ1) is 15.9. The number of aromatic nitrogens is 1. The Hall–Kier alpha value is -2.93. The molecule has 3 N–H and O–H groups in total. The molecule has 4 rings (SSSR count). The Balaban J connectivity index is 1.53. The van der Waals surface area contributed by atoms with Gasteiger partial charge in [-0.2, -0.15) is 0 Å². The highest BCUT2D eigenvalue weighted by Crippen LogP contribution is 2.36. The fourth-order valence-corrected chi connectivity index (χ4v) is 5.14. The van der Waals surface area contributed by atoms with Crippen LogP contribution in [0.3, 0.4) is 0 Å². The number of hydrogen-bond donors (Lipinski definition) is 2. The minimum atomic E-state index is -0.628. The molecule has 2 saturated heterocycles. The third kappa shape index (κ3) is 5.19. The molecule has 7 heteroatoms. The van der Waals surface area contributed by atoms with Crippen molar-refractivity contribution in [1.29, 1.82) is 0 Å². The molecule has 176 valence electrons. The molecule has 2 aliphatic rings. The van der Waals surface area contributed by atoms with E-state index in [0.29, 0.717) is 36.3 Å². The molecule has 0 unspecified atom stereocenters. The Kier molecular flexibility index (Phi) is 6.98. The Morgan fingerprint density at radius 2 is 1.94 bits per heavy atom. The van der Waals surface area contributed by atoms with Crippen molar-refractivity contribution < 1.29 is 9.59 Å². The summed E-state index contributed by atoms with van der Waals surface area (Å²) < 4.78 is 0. The fraction of sp³-hybridized carbons (Fsp3) is 0.500. The molecule has 2 fully saturated rings. The lowest BCUT2D eigenvalue weighted by molar-refractivity contribution is -0.146. The Bertz CT molecular complexity index is 1020. The van der Waals surface area contributed by atoms with Gasteiger partial charge in [0.05, 0.1) is 17.9 Å². The number of benzene rings is 1. The molecule has 33 heavy (non-hydrogen) atoms. The lowest BCUT2D eigenvalue weighted by Crippen LogP contribution is -2.46. The maximum Gasteiger partial charge on any atom is 0.313 e. The summed E-state index contributed by atoms with van der Waals surface area (Å²) in [5, 5.41) is 2.74. The summed E-state index contributed by atoms with van der Waals surface area (Å²) in [5.74, 6) is 0.203. The molecule has 0 radical (unpaired) electrons. The van der Waals surface area contributed by atoms with E-state index in [1.54, 1.807) is 11.0 Å². The number of hydrogen-bond acceptors (Lipinski definition) is 5. The zero-order valence-corrected chi connectivity index (χ0v) is 19.9. The number of nitrogens with two attached hydrogens (primary N) is 1. The van der Waals surface area contributed by atoms with Gasteiger partial charge in [-0.15, -0.1) is 0 Å². The fourth-order valence-electron chi connectivity index (χ4n) is 5.14. The zero-order valence-electron chi connectivity index (χ0n) is 19.9. The molecular weight excluding hydrogens is 414 g/mol. The van der Waals surface area contributed by atoms with Crippen LogP contribution in [0.4, 0.5) is 11.5 Å². The van der Waals surface area contributed by atoms with Crippen molar-refractivity contribution >= 4 is 23.3 Å². The topological polar surface area (TPSA) is 91.6 Å². The Labute approximate surface area is 196 Å². The second-order valence-electron chi connectivity index (χ2n) is 9.65. The monoisotopic (exact) mass is 449 g/mol. The van der Waals surface area contributed by atoms with Gasteiger partial charge in [0.1, 0.15) is 5.82 Å². The maximum absolute atomic E-state index is 13.3. The van der Waals surface area contributed by atoms with E-state index < -0.39 is 11.8 Å². The molecule has 1 aromatic carbocycles. The second kappa shape index (κ2) is 9.91. The summed E-state index contributed by atoms with van der Waals surface area (Å²) in [6, 6.07) is 10.3. The number of aryl methyl sites for hydroxylation is 1. The van der Waals surface area contributed by atoms with Crippen LogP contribution in [0.15, 0.2) is 36.5 Å². The third-order valence-corrected chi connectivity index (χ3v) is 7.07. The number of amides is 2. The number of likely N-dealkylation sites (N-methyl/N-ethyl adjacent to an activating group) is 1. The highest BCUT2D eigenvalue weighted by molar-refractivity contribution is 6.39. The lowest BCUT2D eigenvalue weighted by atomic mass is 9.87. The van der Waals surface area contributed by atoms with Gasteiger partial charge in [-0.25, -0.2) is 4.98 Å². The van der Waals surface area contributed by atoms with E-state index >= 15 is 0 Å². The molecular formula is C26H35N5O2. The number of anilines is 2. The van der Waals surface area contributed by atoms with E-state index in [2.05, 4.69) is 53.4 Å². The van der Waals surface area contributed by atoms with Crippen LogP contribution in [0, 0.1) is 5.92 Å². The summed E-state index contributed by atoms with van der Waals surface area (Å²) in [5.41, 5.74) is 9.66. The average molecular weight is 450 g/mol.